The first-order valence-corrected chi connectivity index (χ1v) is 12.5. The van der Waals surface area contributed by atoms with Gasteiger partial charge in [0, 0.05) is 47.6 Å². The molecule has 208 valence electrons. The molecule has 0 amide bonds. The maximum absolute atomic E-state index is 13.6. The lowest BCUT2D eigenvalue weighted by Crippen LogP contribution is -2.53. The van der Waals surface area contributed by atoms with Crippen LogP contribution in [0.2, 0.25) is 0 Å². The van der Waals surface area contributed by atoms with Gasteiger partial charge < -0.3 is 45.8 Å². The highest BCUT2D eigenvalue weighted by atomic mass is 16.7. The van der Waals surface area contributed by atoms with Crippen molar-refractivity contribution in [3.8, 4) is 11.5 Å². The Balaban J connectivity index is 1.69. The Morgan fingerprint density at radius 1 is 1.13 bits per heavy atom. The van der Waals surface area contributed by atoms with Crippen LogP contribution < -0.4 is 5.73 Å². The minimum Gasteiger partial charge on any atom is -0.507 e. The number of aromatic hydroxyl groups is 2. The van der Waals surface area contributed by atoms with E-state index in [2.05, 4.69) is 0 Å². The number of hydrogen-bond donors (Lipinski definition) is 7. The molecule has 3 unspecified atom stereocenters. The van der Waals surface area contributed by atoms with Crippen molar-refractivity contribution in [1.82, 2.24) is 0 Å². The average Bonchev–Trinajstić information content (AvgIpc) is 2.90. The maximum Gasteiger partial charge on any atom is 0.198 e. The number of rotatable bonds is 5. The number of carbonyl (C=O) groups excluding carboxylic acids is 3. The Kier molecular flexibility index (Phi) is 6.84. The van der Waals surface area contributed by atoms with Crippen molar-refractivity contribution in [3.63, 3.8) is 0 Å². The first kappa shape index (κ1) is 27.3. The van der Waals surface area contributed by atoms with E-state index in [1.54, 1.807) is 6.92 Å². The number of aliphatic hydroxyl groups excluding tert-OH is 3. The summed E-state index contributed by atoms with van der Waals surface area (Å²) in [5, 5.41) is 63.4. The van der Waals surface area contributed by atoms with Gasteiger partial charge in [-0.15, -0.1) is 0 Å². The largest absolute Gasteiger partial charge is 0.507 e. The van der Waals surface area contributed by atoms with Crippen molar-refractivity contribution >= 4 is 17.3 Å². The van der Waals surface area contributed by atoms with E-state index >= 15 is 0 Å². The zero-order valence-corrected chi connectivity index (χ0v) is 21.0. The number of Topliss-reactive ketones (excluding diaryl/α,β-unsaturated/α-hetero) is 1. The molecule has 0 aromatic heterocycles. The lowest BCUT2D eigenvalue weighted by molar-refractivity contribution is -0.247. The molecule has 5 rings (SSSR count). The molecule has 2 aliphatic carbocycles. The Bertz CT molecular complexity index is 1380. The Hall–Kier alpha value is -3.23. The molecule has 0 spiro atoms. The van der Waals surface area contributed by atoms with E-state index in [-0.39, 0.29) is 34.2 Å². The molecule has 12 nitrogen and oxygen atoms in total. The number of benzene rings is 2. The molecule has 1 aliphatic heterocycles. The van der Waals surface area contributed by atoms with E-state index < -0.39 is 102 Å². The lowest BCUT2D eigenvalue weighted by atomic mass is 9.71. The predicted molar refractivity (Wildman–Crippen MR) is 131 cm³/mol. The topological polar surface area (TPSA) is 217 Å². The highest BCUT2D eigenvalue weighted by Gasteiger charge is 2.50. The van der Waals surface area contributed by atoms with E-state index in [9.17, 15) is 45.0 Å². The van der Waals surface area contributed by atoms with Crippen LogP contribution in [0.25, 0.3) is 0 Å². The summed E-state index contributed by atoms with van der Waals surface area (Å²) in [5.41, 5.74) is 2.35. The van der Waals surface area contributed by atoms with E-state index in [0.29, 0.717) is 0 Å². The fourth-order valence-electron chi connectivity index (χ4n) is 5.81. The van der Waals surface area contributed by atoms with E-state index in [1.807, 2.05) is 0 Å². The number of hydrogen-bond acceptors (Lipinski definition) is 12. The van der Waals surface area contributed by atoms with Gasteiger partial charge in [0.15, 0.2) is 23.6 Å². The second kappa shape index (κ2) is 9.75. The third-order valence-electron chi connectivity index (χ3n) is 7.88. The Labute approximate surface area is 222 Å². The second-order valence-corrected chi connectivity index (χ2v) is 10.3. The van der Waals surface area contributed by atoms with Crippen LogP contribution in [0, 0.1) is 0 Å². The van der Waals surface area contributed by atoms with Crippen molar-refractivity contribution in [2.45, 2.75) is 69.0 Å². The highest BCUT2D eigenvalue weighted by molar-refractivity contribution is 6.31. The van der Waals surface area contributed by atoms with Crippen LogP contribution in [0.1, 0.15) is 74.4 Å². The maximum atomic E-state index is 13.6. The van der Waals surface area contributed by atoms with E-state index in [1.165, 1.54) is 18.2 Å². The van der Waals surface area contributed by atoms with Gasteiger partial charge in [-0.3, -0.25) is 14.4 Å². The molecular formula is C27H29NO11. The summed E-state index contributed by atoms with van der Waals surface area (Å²) in [7, 11) is 0. The first-order valence-electron chi connectivity index (χ1n) is 12.5. The van der Waals surface area contributed by atoms with Crippen LogP contribution in [0.5, 0.6) is 11.5 Å². The predicted octanol–water partition coefficient (Wildman–Crippen LogP) is -0.515. The number of ketones is 3. The fraction of sp³-hybridized carbons (Fsp3) is 0.444. The third-order valence-corrected chi connectivity index (χ3v) is 7.88. The highest BCUT2D eigenvalue weighted by Crippen LogP contribution is 2.52. The first-order chi connectivity index (χ1) is 18.4. The number of phenolic OH excluding ortho intramolecular Hbond substituents is 2. The molecule has 3 aliphatic rings. The van der Waals surface area contributed by atoms with Gasteiger partial charge in [0.2, 0.25) is 0 Å². The molecule has 1 saturated heterocycles. The summed E-state index contributed by atoms with van der Waals surface area (Å²) >= 11 is 0. The average molecular weight is 544 g/mol. The molecule has 0 radical (unpaired) electrons. The SMILES string of the molecule is CC1O[C@@H](OC2CC(O)(C(=O)CO)Cc3c(O)c4c(c(O)c32)C(=O)c2c(CO)cccc2C4=O)C[C@H](N)[C@@H]1O. The van der Waals surface area contributed by atoms with Crippen molar-refractivity contribution in [3.05, 3.63) is 57.1 Å². The molecule has 1 heterocycles. The number of aliphatic hydroxyl groups is 4. The van der Waals surface area contributed by atoms with Gasteiger partial charge in [-0.2, -0.15) is 0 Å². The second-order valence-electron chi connectivity index (χ2n) is 10.3. The smallest absolute Gasteiger partial charge is 0.198 e. The number of fused-ring (bicyclic) bond motifs is 3. The zero-order chi connectivity index (χ0) is 28.4. The van der Waals surface area contributed by atoms with Gasteiger partial charge in [-0.1, -0.05) is 18.2 Å². The molecule has 1 fully saturated rings. The quantitative estimate of drug-likeness (QED) is 0.202. The van der Waals surface area contributed by atoms with Crippen molar-refractivity contribution in [2.75, 3.05) is 6.61 Å². The van der Waals surface area contributed by atoms with Crippen molar-refractivity contribution in [2.24, 2.45) is 5.73 Å². The molecule has 0 saturated carbocycles. The molecule has 12 heteroatoms. The van der Waals surface area contributed by atoms with Gasteiger partial charge in [0.05, 0.1) is 36.0 Å². The lowest BCUT2D eigenvalue weighted by Gasteiger charge is -2.42. The Morgan fingerprint density at radius 2 is 1.82 bits per heavy atom. The molecule has 0 bridgehead atoms. The van der Waals surface area contributed by atoms with Crippen molar-refractivity contribution < 1.29 is 54.5 Å². The van der Waals surface area contributed by atoms with Crippen LogP contribution in [0.3, 0.4) is 0 Å². The summed E-state index contributed by atoms with van der Waals surface area (Å²) in [6.07, 6.45) is -5.21. The standard InChI is InChI=1S/C27H29NO11/c1-10-22(32)14(28)5-17(38-10)39-15-7-27(37,16(31)9-30)6-13-19(15)26(36)21-20(24(13)34)23(33)12-4-2-3-11(8-29)18(12)25(21)35/h2-4,10,14-15,17,22,29-30,32,34,36-37H,5-9,28H2,1H3/t10?,14-,15?,17-,22+,27?/m0/s1. The molecule has 6 atom stereocenters. The van der Waals surface area contributed by atoms with Gasteiger partial charge >= 0.3 is 0 Å². The third kappa shape index (κ3) is 4.16. The summed E-state index contributed by atoms with van der Waals surface area (Å²) in [6, 6.07) is 3.53. The van der Waals surface area contributed by atoms with Crippen LogP contribution in [0.4, 0.5) is 0 Å². The molecule has 2 aromatic carbocycles. The van der Waals surface area contributed by atoms with Crippen LogP contribution in [-0.2, 0) is 27.3 Å². The van der Waals surface area contributed by atoms with Gasteiger partial charge in [0.25, 0.3) is 0 Å². The molecule has 2 aromatic rings. The van der Waals surface area contributed by atoms with Crippen molar-refractivity contribution in [1.29, 1.82) is 0 Å². The summed E-state index contributed by atoms with van der Waals surface area (Å²) in [5.74, 6) is -4.00. The van der Waals surface area contributed by atoms with Crippen LogP contribution >= 0.6 is 0 Å². The van der Waals surface area contributed by atoms with Crippen LogP contribution in [0.15, 0.2) is 18.2 Å². The molecule has 39 heavy (non-hydrogen) atoms. The van der Waals surface area contributed by atoms with Gasteiger partial charge in [-0.25, -0.2) is 0 Å². The van der Waals surface area contributed by atoms with Gasteiger partial charge in [-0.05, 0) is 12.5 Å². The molecular weight excluding hydrogens is 514 g/mol. The number of carbonyl (C=O) groups is 3. The monoisotopic (exact) mass is 543 g/mol. The number of phenols is 2. The van der Waals surface area contributed by atoms with Crippen LogP contribution in [-0.4, -0.2) is 84.7 Å². The minimum absolute atomic E-state index is 0.00600. The van der Waals surface area contributed by atoms with E-state index in [0.717, 1.165) is 0 Å². The zero-order valence-electron chi connectivity index (χ0n) is 21.0. The summed E-state index contributed by atoms with van der Waals surface area (Å²) in [4.78, 5) is 39.7. The number of ether oxygens (including phenoxy) is 2. The Morgan fingerprint density at radius 3 is 2.46 bits per heavy atom. The van der Waals surface area contributed by atoms with E-state index in [4.69, 9.17) is 15.2 Å². The fourth-order valence-corrected chi connectivity index (χ4v) is 5.81. The summed E-state index contributed by atoms with van der Waals surface area (Å²) in [6.45, 7) is -0.0137. The van der Waals surface area contributed by atoms with Gasteiger partial charge in [0.1, 0.15) is 23.7 Å². The summed E-state index contributed by atoms with van der Waals surface area (Å²) < 4.78 is 11.7. The number of nitrogens with two attached hydrogens (primary N) is 1. The minimum atomic E-state index is -2.25. The normalized spacial score (nSPS) is 29.9. The molecule has 8 N–H and O–H groups in total.